The summed E-state index contributed by atoms with van der Waals surface area (Å²) in [5.41, 5.74) is 8.04. The van der Waals surface area contributed by atoms with Crippen molar-refractivity contribution in [2.24, 2.45) is 0 Å². The lowest BCUT2D eigenvalue weighted by molar-refractivity contribution is 0.669. The Morgan fingerprint density at radius 2 is 1.13 bits per heavy atom. The fraction of sp³-hybridized carbons (Fsp3) is 0.0385. The molecule has 1 nitrogen and oxygen atoms in total. The summed E-state index contributed by atoms with van der Waals surface area (Å²) >= 11 is 1.87. The number of benzene rings is 9. The first-order valence-electron chi connectivity index (χ1n) is 18.7. The maximum absolute atomic E-state index is 6.70. The zero-order chi connectivity index (χ0) is 35.8. The zero-order valence-corrected chi connectivity index (χ0v) is 30.6. The zero-order valence-electron chi connectivity index (χ0n) is 29.8. The lowest BCUT2D eigenvalue weighted by Gasteiger charge is -2.18. The SMILES string of the molecule is C/C=C\C=C/Cc1ccc2ccc(-c3c4ccccc4c(-c4ccc5c(c4)oc4ccc6cc7sc8ccccc8c7cc6c45)c4ccccc34)cc2c1. The lowest BCUT2D eigenvalue weighted by Crippen LogP contribution is -1.91. The topological polar surface area (TPSA) is 13.1 Å². The molecule has 11 rings (SSSR count). The number of allylic oxidation sites excluding steroid dienone is 4. The van der Waals surface area contributed by atoms with Gasteiger partial charge < -0.3 is 4.42 Å². The molecule has 0 atom stereocenters. The average Bonchev–Trinajstić information content (AvgIpc) is 3.78. The van der Waals surface area contributed by atoms with Gasteiger partial charge in [-0.1, -0.05) is 133 Å². The summed E-state index contributed by atoms with van der Waals surface area (Å²) in [6.45, 7) is 2.05. The van der Waals surface area contributed by atoms with Crippen LogP contribution in [0.4, 0.5) is 0 Å². The summed E-state index contributed by atoms with van der Waals surface area (Å²) in [6.07, 6.45) is 9.40. The van der Waals surface area contributed by atoms with Gasteiger partial charge in [-0.15, -0.1) is 11.3 Å². The van der Waals surface area contributed by atoms with Gasteiger partial charge in [-0.2, -0.15) is 0 Å². The monoisotopic (exact) mass is 706 g/mol. The van der Waals surface area contributed by atoms with Crippen LogP contribution in [0.15, 0.2) is 180 Å². The van der Waals surface area contributed by atoms with Gasteiger partial charge in [0.25, 0.3) is 0 Å². The number of rotatable bonds is 5. The van der Waals surface area contributed by atoms with E-state index in [-0.39, 0.29) is 0 Å². The Morgan fingerprint density at radius 3 is 1.89 bits per heavy atom. The van der Waals surface area contributed by atoms with E-state index in [1.54, 1.807) is 0 Å². The van der Waals surface area contributed by atoms with Gasteiger partial charge in [-0.25, -0.2) is 0 Å². The molecule has 2 heteroatoms. The van der Waals surface area contributed by atoms with Crippen LogP contribution in [0.1, 0.15) is 12.5 Å². The second-order valence-electron chi connectivity index (χ2n) is 14.3. The molecule has 0 radical (unpaired) electrons. The van der Waals surface area contributed by atoms with Crippen LogP contribution in [0.3, 0.4) is 0 Å². The van der Waals surface area contributed by atoms with Gasteiger partial charge in [0.15, 0.2) is 0 Å². The molecule has 11 aromatic rings. The molecule has 0 amide bonds. The van der Waals surface area contributed by atoms with E-state index >= 15 is 0 Å². The lowest BCUT2D eigenvalue weighted by atomic mass is 9.85. The van der Waals surface area contributed by atoms with E-state index in [1.165, 1.54) is 90.9 Å². The minimum absolute atomic E-state index is 0.909. The van der Waals surface area contributed by atoms with Crippen LogP contribution >= 0.6 is 11.3 Å². The van der Waals surface area contributed by atoms with Crippen molar-refractivity contribution in [2.75, 3.05) is 0 Å². The molecule has 0 saturated heterocycles. The Balaban J connectivity index is 1.10. The predicted octanol–water partition coefficient (Wildman–Crippen LogP) is 15.6. The van der Waals surface area contributed by atoms with Crippen molar-refractivity contribution in [2.45, 2.75) is 13.3 Å². The molecular formula is C52H34OS. The number of hydrogen-bond donors (Lipinski definition) is 0. The fourth-order valence-electron chi connectivity index (χ4n) is 8.70. The molecule has 0 N–H and O–H groups in total. The van der Waals surface area contributed by atoms with Crippen molar-refractivity contribution in [1.29, 1.82) is 0 Å². The maximum Gasteiger partial charge on any atom is 0.136 e. The normalized spacial score (nSPS) is 12.5. The van der Waals surface area contributed by atoms with E-state index in [0.29, 0.717) is 0 Å². The first kappa shape index (κ1) is 31.1. The summed E-state index contributed by atoms with van der Waals surface area (Å²) < 4.78 is 9.35. The van der Waals surface area contributed by atoms with E-state index in [2.05, 4.69) is 176 Å². The quantitative estimate of drug-likeness (QED) is 0.128. The highest BCUT2D eigenvalue weighted by atomic mass is 32.1. The van der Waals surface area contributed by atoms with Crippen LogP contribution in [-0.4, -0.2) is 0 Å². The number of fused-ring (bicyclic) bond motifs is 11. The summed E-state index contributed by atoms with van der Waals surface area (Å²) in [6, 6.07) is 56.2. The molecule has 0 fully saturated rings. The molecule has 0 aliphatic carbocycles. The third-order valence-electron chi connectivity index (χ3n) is 11.2. The second-order valence-corrected chi connectivity index (χ2v) is 15.4. The largest absolute Gasteiger partial charge is 0.456 e. The molecule has 0 bridgehead atoms. The van der Waals surface area contributed by atoms with Crippen molar-refractivity contribution in [3.05, 3.63) is 182 Å². The number of hydrogen-bond acceptors (Lipinski definition) is 2. The molecule has 54 heavy (non-hydrogen) atoms. The Bertz CT molecular complexity index is 3310. The van der Waals surface area contributed by atoms with Crippen molar-refractivity contribution < 1.29 is 4.42 Å². The summed E-state index contributed by atoms with van der Waals surface area (Å²) in [7, 11) is 0. The Kier molecular flexibility index (Phi) is 7.08. The second kappa shape index (κ2) is 12.3. The van der Waals surface area contributed by atoms with E-state index in [1.807, 2.05) is 18.3 Å². The van der Waals surface area contributed by atoms with Crippen LogP contribution in [0.2, 0.25) is 0 Å². The van der Waals surface area contributed by atoms with Gasteiger partial charge in [0.1, 0.15) is 11.2 Å². The third-order valence-corrected chi connectivity index (χ3v) is 12.3. The maximum atomic E-state index is 6.70. The Labute approximate surface area is 316 Å². The summed E-state index contributed by atoms with van der Waals surface area (Å²) in [4.78, 5) is 0. The van der Waals surface area contributed by atoms with Gasteiger partial charge >= 0.3 is 0 Å². The third kappa shape index (κ3) is 4.84. The molecule has 0 unspecified atom stereocenters. The first-order chi connectivity index (χ1) is 26.7. The summed E-state index contributed by atoms with van der Waals surface area (Å²) in [5, 5.41) is 14.9. The van der Waals surface area contributed by atoms with Crippen molar-refractivity contribution in [1.82, 2.24) is 0 Å². The highest BCUT2D eigenvalue weighted by Gasteiger charge is 2.19. The summed E-state index contributed by atoms with van der Waals surface area (Å²) in [5.74, 6) is 0. The number of furan rings is 1. The fourth-order valence-corrected chi connectivity index (χ4v) is 9.83. The van der Waals surface area contributed by atoms with E-state index < -0.39 is 0 Å². The standard InChI is InChI=1S/C52H34OS/c1-2-3-4-5-12-32-19-20-33-21-22-35(28-37(33)27-32)50-39-14-6-8-16-41(39)51(42-17-9-7-15-40(42)50)36-23-25-43-47(29-36)53-46-26-24-34-30-49-45(31-44(34)52(43)46)38-13-10-11-18-48(38)54-49/h2-11,13-31H,12H2,1H3/b3-2-,5-4-. The first-order valence-corrected chi connectivity index (χ1v) is 19.5. The Morgan fingerprint density at radius 1 is 0.463 bits per heavy atom. The van der Waals surface area contributed by atoms with Crippen LogP contribution in [0.5, 0.6) is 0 Å². The Hall–Kier alpha value is -6.48. The molecule has 2 heterocycles. The molecule has 0 saturated carbocycles. The van der Waals surface area contributed by atoms with Gasteiger partial charge in [0, 0.05) is 30.9 Å². The molecule has 0 aliphatic heterocycles. The molecule has 9 aromatic carbocycles. The highest BCUT2D eigenvalue weighted by Crippen LogP contribution is 2.46. The number of thiophene rings is 1. The van der Waals surface area contributed by atoms with Crippen LogP contribution in [0.25, 0.3) is 107 Å². The highest BCUT2D eigenvalue weighted by molar-refractivity contribution is 7.25. The average molecular weight is 707 g/mol. The van der Waals surface area contributed by atoms with Gasteiger partial charge in [0.2, 0.25) is 0 Å². The van der Waals surface area contributed by atoms with Gasteiger partial charge in [-0.3, -0.25) is 0 Å². The molecule has 254 valence electrons. The minimum Gasteiger partial charge on any atom is -0.456 e. The van der Waals surface area contributed by atoms with Gasteiger partial charge in [0.05, 0.1) is 0 Å². The minimum atomic E-state index is 0.909. The molecular weight excluding hydrogens is 673 g/mol. The molecule has 2 aromatic heterocycles. The van der Waals surface area contributed by atoms with E-state index in [0.717, 1.165) is 28.5 Å². The van der Waals surface area contributed by atoms with Crippen LogP contribution in [0, 0.1) is 0 Å². The van der Waals surface area contributed by atoms with Crippen LogP contribution < -0.4 is 0 Å². The molecule has 0 aliphatic rings. The van der Waals surface area contributed by atoms with Crippen LogP contribution in [-0.2, 0) is 6.42 Å². The van der Waals surface area contributed by atoms with E-state index in [9.17, 15) is 0 Å². The van der Waals surface area contributed by atoms with Crippen molar-refractivity contribution in [3.8, 4) is 22.3 Å². The van der Waals surface area contributed by atoms with E-state index in [4.69, 9.17) is 4.42 Å². The molecule has 0 spiro atoms. The van der Waals surface area contributed by atoms with Gasteiger partial charge in [-0.05, 0) is 127 Å². The predicted molar refractivity (Wildman–Crippen MR) is 235 cm³/mol. The van der Waals surface area contributed by atoms with Crippen molar-refractivity contribution >= 4 is 96.5 Å². The smallest absolute Gasteiger partial charge is 0.136 e. The van der Waals surface area contributed by atoms with Crippen molar-refractivity contribution in [3.63, 3.8) is 0 Å².